The number of para-hydroxylation sites is 5. The van der Waals surface area contributed by atoms with Gasteiger partial charge in [-0.2, -0.15) is 0 Å². The van der Waals surface area contributed by atoms with Crippen molar-refractivity contribution in [2.45, 2.75) is 32.6 Å². The quantitative estimate of drug-likeness (QED) is 0.140. The fourth-order valence-electron chi connectivity index (χ4n) is 11.7. The Balaban J connectivity index is 0.870. The second-order valence-corrected chi connectivity index (χ2v) is 19.1. The van der Waals surface area contributed by atoms with Gasteiger partial charge in [-0.1, -0.05) is 146 Å². The lowest BCUT2D eigenvalue weighted by Crippen LogP contribution is -2.01. The molecule has 0 radical (unpaired) electrons. The van der Waals surface area contributed by atoms with Crippen molar-refractivity contribution in [3.63, 3.8) is 0 Å². The summed E-state index contributed by atoms with van der Waals surface area (Å²) in [7, 11) is 0. The summed E-state index contributed by atoms with van der Waals surface area (Å²) in [6, 6.07) is 73.3. The third-order valence-corrected chi connectivity index (χ3v) is 15.0. The van der Waals surface area contributed by atoms with Gasteiger partial charge in [-0.15, -0.1) is 0 Å². The van der Waals surface area contributed by atoms with E-state index >= 15 is 0 Å². The van der Waals surface area contributed by atoms with Crippen LogP contribution in [0.15, 0.2) is 246 Å². The lowest BCUT2D eigenvalue weighted by molar-refractivity contribution is 0.668. The summed E-state index contributed by atoms with van der Waals surface area (Å²) in [5, 5.41) is 9.81. The molecule has 0 bridgehead atoms. The summed E-state index contributed by atoms with van der Waals surface area (Å²) < 4.78 is 13.5. The van der Waals surface area contributed by atoms with E-state index < -0.39 is 0 Å². The lowest BCUT2D eigenvalue weighted by Gasteiger charge is -2.19. The normalized spacial score (nSPS) is 14.7. The molecule has 13 aromatic rings. The monoisotopic (exact) mass is 911 g/mol. The fourth-order valence-corrected chi connectivity index (χ4v) is 11.7. The van der Waals surface area contributed by atoms with Gasteiger partial charge in [0.05, 0.1) is 33.1 Å². The summed E-state index contributed by atoms with van der Waals surface area (Å²) in [6.07, 6.45) is 13.8. The number of hydrogen-bond donors (Lipinski definition) is 0. The second-order valence-electron chi connectivity index (χ2n) is 19.1. The number of furan rings is 1. The Bertz CT molecular complexity index is 4150. The molecule has 0 N–H and O–H groups in total. The van der Waals surface area contributed by atoms with Crippen LogP contribution >= 0.6 is 0 Å². The molecule has 4 nitrogen and oxygen atoms in total. The van der Waals surface area contributed by atoms with Crippen LogP contribution in [0.4, 0.5) is 0 Å². The minimum atomic E-state index is 0.281. The van der Waals surface area contributed by atoms with Crippen LogP contribution in [0.5, 0.6) is 0 Å². The van der Waals surface area contributed by atoms with Gasteiger partial charge in [0.25, 0.3) is 0 Å². The van der Waals surface area contributed by atoms with Gasteiger partial charge < -0.3 is 18.1 Å². The maximum absolute atomic E-state index is 6.17. The Morgan fingerprint density at radius 1 is 0.479 bits per heavy atom. The van der Waals surface area contributed by atoms with Crippen molar-refractivity contribution < 1.29 is 4.42 Å². The maximum atomic E-state index is 6.17. The third kappa shape index (κ3) is 6.59. The maximum Gasteiger partial charge on any atom is 0.135 e. The van der Waals surface area contributed by atoms with Gasteiger partial charge in [-0.3, -0.25) is 0 Å². The van der Waals surface area contributed by atoms with Crippen molar-refractivity contribution in [1.82, 2.24) is 13.7 Å². The van der Waals surface area contributed by atoms with Crippen LogP contribution in [0.3, 0.4) is 0 Å². The van der Waals surface area contributed by atoms with Crippen LogP contribution in [0.1, 0.15) is 43.7 Å². The largest absolute Gasteiger partial charge is 0.456 e. The van der Waals surface area contributed by atoms with Crippen molar-refractivity contribution in [2.24, 2.45) is 0 Å². The van der Waals surface area contributed by atoms with Crippen LogP contribution in [0.25, 0.3) is 110 Å². The summed E-state index contributed by atoms with van der Waals surface area (Å²) in [5.41, 5.74) is 18.7. The Morgan fingerprint density at radius 3 is 1.52 bits per heavy atom. The van der Waals surface area contributed by atoms with Gasteiger partial charge in [-0.25, -0.2) is 0 Å². The van der Waals surface area contributed by atoms with E-state index in [1.807, 2.05) is 6.07 Å². The molecule has 71 heavy (non-hydrogen) atoms. The fraction of sp³-hybridized carbons (Fsp3) is 0.0746. The molecule has 0 amide bonds. The summed E-state index contributed by atoms with van der Waals surface area (Å²) in [5.74, 6) is 0.281. The van der Waals surface area contributed by atoms with Crippen LogP contribution in [-0.2, 0) is 0 Å². The van der Waals surface area contributed by atoms with Crippen molar-refractivity contribution in [3.05, 3.63) is 253 Å². The van der Waals surface area contributed by atoms with E-state index in [-0.39, 0.29) is 5.92 Å². The van der Waals surface area contributed by atoms with Crippen molar-refractivity contribution in [2.75, 3.05) is 0 Å². The predicted octanol–water partition coefficient (Wildman–Crippen LogP) is 18.3. The molecule has 0 unspecified atom stereocenters. The number of hydrogen-bond acceptors (Lipinski definition) is 1. The number of rotatable bonds is 8. The molecule has 0 spiro atoms. The topological polar surface area (TPSA) is 27.9 Å². The molecule has 4 heterocycles. The highest BCUT2D eigenvalue weighted by molar-refractivity contribution is 6.14. The van der Waals surface area contributed by atoms with Crippen LogP contribution in [-0.4, -0.2) is 13.7 Å². The van der Waals surface area contributed by atoms with Gasteiger partial charge in [-0.05, 0) is 139 Å². The van der Waals surface area contributed by atoms with E-state index in [9.17, 15) is 0 Å². The average molecular weight is 912 g/mol. The zero-order valence-electron chi connectivity index (χ0n) is 39.7. The highest BCUT2D eigenvalue weighted by atomic mass is 16.3. The minimum Gasteiger partial charge on any atom is -0.456 e. The Hall–Kier alpha value is -8.86. The molecule has 0 saturated heterocycles. The van der Waals surface area contributed by atoms with Crippen LogP contribution in [0, 0.1) is 0 Å². The van der Waals surface area contributed by atoms with E-state index in [4.69, 9.17) is 4.42 Å². The Labute approximate surface area is 411 Å². The molecule has 4 aromatic heterocycles. The molecule has 1 aliphatic rings. The molecule has 14 rings (SSSR count). The summed E-state index contributed by atoms with van der Waals surface area (Å²) in [6.45, 7) is 4.47. The van der Waals surface area contributed by atoms with Crippen molar-refractivity contribution >= 4 is 92.9 Å². The van der Waals surface area contributed by atoms with Crippen LogP contribution in [0.2, 0.25) is 0 Å². The molecular weight excluding hydrogens is 863 g/mol. The first-order valence-electron chi connectivity index (χ1n) is 24.9. The molecule has 4 heteroatoms. The zero-order chi connectivity index (χ0) is 47.2. The zero-order valence-corrected chi connectivity index (χ0v) is 39.7. The number of allylic oxidation sites excluding steroid dienone is 8. The second kappa shape index (κ2) is 16.4. The third-order valence-electron chi connectivity index (χ3n) is 15.0. The highest BCUT2D eigenvalue weighted by Gasteiger charge is 2.20. The first kappa shape index (κ1) is 41.1. The predicted molar refractivity (Wildman–Crippen MR) is 300 cm³/mol. The van der Waals surface area contributed by atoms with Gasteiger partial charge in [0.15, 0.2) is 0 Å². The minimum absolute atomic E-state index is 0.281. The number of fused-ring (bicyclic) bond motifs is 12. The van der Waals surface area contributed by atoms with Crippen molar-refractivity contribution in [3.8, 4) is 17.1 Å². The Morgan fingerprint density at radius 2 is 0.958 bits per heavy atom. The van der Waals surface area contributed by atoms with E-state index in [2.05, 4.69) is 252 Å². The van der Waals surface area contributed by atoms with E-state index in [1.165, 1.54) is 104 Å². The van der Waals surface area contributed by atoms with E-state index in [0.29, 0.717) is 0 Å². The molecule has 1 aliphatic carbocycles. The SMILES string of the molecule is CC/C=C(\C=C(/C)c1ccc(-n2c3ccc(-n4c5ccccc5c5ccccc54)cc3c3cc(-n4c5ccccc5c5ccccc54)ccc32)cc1)C1=C[C@H](c2ccc3oc4ccccc4c3c2)CC=C1. The summed E-state index contributed by atoms with van der Waals surface area (Å²) >= 11 is 0. The number of nitrogens with zero attached hydrogens (tertiary/aromatic N) is 3. The standard InChI is InChI=1S/C67H49N3O/c1-3-15-45(46-16-14-17-47(39-46)48-30-37-67-59(40-48)56-22-8-13-27-66(56)71-67)38-43(2)44-28-31-49(32-29-44)68-64-35-33-50(69-60-23-9-4-18-52(60)53-19-5-10-24-61(53)69)41-57(64)58-42-51(34-36-65(58)68)70-62-25-11-6-20-54(62)55-21-7-12-26-63(55)70/h4-16,18-42,47H,3,17H2,1-2H3/b43-38+,45-15+/t47-/m1/s1. The Kier molecular flexibility index (Phi) is 9.50. The first-order valence-corrected chi connectivity index (χ1v) is 24.9. The molecule has 0 saturated carbocycles. The summed E-state index contributed by atoms with van der Waals surface area (Å²) in [4.78, 5) is 0. The number of benzene rings is 9. The highest BCUT2D eigenvalue weighted by Crippen LogP contribution is 2.41. The lowest BCUT2D eigenvalue weighted by atomic mass is 9.86. The van der Waals surface area contributed by atoms with Crippen molar-refractivity contribution in [1.29, 1.82) is 0 Å². The van der Waals surface area contributed by atoms with Gasteiger partial charge in [0, 0.05) is 66.1 Å². The number of aromatic nitrogens is 3. The van der Waals surface area contributed by atoms with Gasteiger partial charge in [0.1, 0.15) is 11.2 Å². The van der Waals surface area contributed by atoms with Gasteiger partial charge in [0.2, 0.25) is 0 Å². The average Bonchev–Trinajstić information content (AvgIpc) is 4.17. The van der Waals surface area contributed by atoms with E-state index in [0.717, 1.165) is 41.1 Å². The molecule has 338 valence electrons. The molecule has 0 fully saturated rings. The van der Waals surface area contributed by atoms with Gasteiger partial charge >= 0.3 is 0 Å². The first-order chi connectivity index (χ1) is 35.1. The molecule has 0 aliphatic heterocycles. The molecule has 9 aromatic carbocycles. The smallest absolute Gasteiger partial charge is 0.135 e. The van der Waals surface area contributed by atoms with E-state index in [1.54, 1.807) is 0 Å². The molecular formula is C67H49N3O. The van der Waals surface area contributed by atoms with Crippen LogP contribution < -0.4 is 0 Å². The molecule has 1 atom stereocenters.